The van der Waals surface area contributed by atoms with Crippen LogP contribution in [0.1, 0.15) is 44.7 Å². The highest BCUT2D eigenvalue weighted by Gasteiger charge is 2.02. The van der Waals surface area contributed by atoms with Crippen molar-refractivity contribution in [1.29, 1.82) is 0 Å². The summed E-state index contributed by atoms with van der Waals surface area (Å²) in [6.07, 6.45) is 4.60. The van der Waals surface area contributed by atoms with E-state index in [2.05, 4.69) is 66.8 Å². The summed E-state index contributed by atoms with van der Waals surface area (Å²) in [5.74, 6) is 2.15. The van der Waals surface area contributed by atoms with E-state index in [1.54, 1.807) is 0 Å². The summed E-state index contributed by atoms with van der Waals surface area (Å²) < 4.78 is 0. The number of halogens is 1. The fraction of sp³-hybridized carbons (Fsp3) is 0.650. The molecule has 6 heteroatoms. The van der Waals surface area contributed by atoms with Gasteiger partial charge in [-0.1, -0.05) is 38.1 Å². The minimum atomic E-state index is 0. The summed E-state index contributed by atoms with van der Waals surface area (Å²) in [5.41, 5.74) is 2.63. The van der Waals surface area contributed by atoms with Crippen LogP contribution in [0.15, 0.2) is 29.3 Å². The maximum absolute atomic E-state index is 4.74. The Balaban J connectivity index is 0.00000625. The molecule has 1 aromatic rings. The van der Waals surface area contributed by atoms with E-state index in [0.29, 0.717) is 6.54 Å². The first-order valence-electron chi connectivity index (χ1n) is 9.54. The van der Waals surface area contributed by atoms with E-state index in [4.69, 9.17) is 4.99 Å². The first kappa shape index (κ1) is 25.5. The van der Waals surface area contributed by atoms with Crippen molar-refractivity contribution < 1.29 is 0 Å². The largest absolute Gasteiger partial charge is 0.357 e. The number of unbranched alkanes of at least 4 members (excludes halogenated alkanes) is 1. The normalized spacial score (nSPS) is 11.3. The highest BCUT2D eigenvalue weighted by Crippen LogP contribution is 2.09. The van der Waals surface area contributed by atoms with Crippen LogP contribution in [0.2, 0.25) is 0 Å². The molecule has 2 N–H and O–H groups in total. The van der Waals surface area contributed by atoms with Gasteiger partial charge in [-0.2, -0.15) is 11.8 Å². The highest BCUT2D eigenvalue weighted by molar-refractivity contribution is 14.0. The summed E-state index contributed by atoms with van der Waals surface area (Å²) >= 11 is 1.91. The summed E-state index contributed by atoms with van der Waals surface area (Å²) in [6.45, 7) is 12.3. The molecular weight excluding hydrogens is 455 g/mol. The van der Waals surface area contributed by atoms with Crippen molar-refractivity contribution in [2.75, 3.05) is 38.2 Å². The van der Waals surface area contributed by atoms with Crippen molar-refractivity contribution >= 4 is 41.7 Å². The van der Waals surface area contributed by atoms with Crippen molar-refractivity contribution in [3.05, 3.63) is 35.4 Å². The monoisotopic (exact) mass is 492 g/mol. The van der Waals surface area contributed by atoms with Crippen LogP contribution in [0.25, 0.3) is 0 Å². The molecule has 0 aliphatic carbocycles. The summed E-state index contributed by atoms with van der Waals surface area (Å²) in [5, 5.41) is 6.77. The van der Waals surface area contributed by atoms with Gasteiger partial charge < -0.3 is 10.6 Å². The molecule has 4 nitrogen and oxygen atoms in total. The zero-order valence-corrected chi connectivity index (χ0v) is 20.0. The van der Waals surface area contributed by atoms with Crippen LogP contribution in [0.4, 0.5) is 0 Å². The first-order chi connectivity index (χ1) is 12.2. The van der Waals surface area contributed by atoms with Gasteiger partial charge in [0.2, 0.25) is 0 Å². The van der Waals surface area contributed by atoms with E-state index >= 15 is 0 Å². The number of benzene rings is 1. The Bertz CT molecular complexity index is 492. The number of hydrogen-bond acceptors (Lipinski definition) is 3. The van der Waals surface area contributed by atoms with Crippen molar-refractivity contribution in [1.82, 2.24) is 15.5 Å². The molecule has 0 heterocycles. The standard InChI is InChI=1S/C20H36N4S.HI/c1-5-21-20(22-13-8-9-14-25-4)23-16-18-11-10-12-19(15-18)17-24(6-2)7-3;/h10-12,15H,5-9,13-14,16-17H2,1-4H3,(H2,21,22,23);1H. The average Bonchev–Trinajstić information content (AvgIpc) is 2.64. The SMILES string of the molecule is CCNC(=NCc1cccc(CN(CC)CC)c1)NCCCCSC.I. The Morgan fingerprint density at radius 1 is 1.08 bits per heavy atom. The Hall–Kier alpha value is -0.470. The third-order valence-electron chi connectivity index (χ3n) is 4.12. The predicted molar refractivity (Wildman–Crippen MR) is 129 cm³/mol. The summed E-state index contributed by atoms with van der Waals surface area (Å²) in [4.78, 5) is 7.17. The Morgan fingerprint density at radius 2 is 1.81 bits per heavy atom. The Labute approximate surface area is 182 Å². The molecule has 0 aliphatic rings. The predicted octanol–water partition coefficient (Wildman–Crippen LogP) is 4.34. The average molecular weight is 493 g/mol. The molecule has 0 unspecified atom stereocenters. The molecular formula is C20H37IN4S. The zero-order valence-electron chi connectivity index (χ0n) is 16.9. The fourth-order valence-corrected chi connectivity index (χ4v) is 3.11. The fourth-order valence-electron chi connectivity index (χ4n) is 2.62. The molecule has 0 saturated heterocycles. The van der Waals surface area contributed by atoms with E-state index in [-0.39, 0.29) is 24.0 Å². The van der Waals surface area contributed by atoms with Crippen molar-refractivity contribution in [3.8, 4) is 0 Å². The van der Waals surface area contributed by atoms with Crippen LogP contribution in [-0.2, 0) is 13.1 Å². The van der Waals surface area contributed by atoms with Gasteiger partial charge >= 0.3 is 0 Å². The smallest absolute Gasteiger partial charge is 0.191 e. The van der Waals surface area contributed by atoms with Gasteiger partial charge in [0.25, 0.3) is 0 Å². The van der Waals surface area contributed by atoms with E-state index in [1.807, 2.05) is 11.8 Å². The lowest BCUT2D eigenvalue weighted by atomic mass is 10.1. The van der Waals surface area contributed by atoms with Crippen LogP contribution in [0, 0.1) is 0 Å². The molecule has 0 aliphatic heterocycles. The minimum absolute atomic E-state index is 0. The molecule has 0 atom stereocenters. The summed E-state index contributed by atoms with van der Waals surface area (Å²) in [7, 11) is 0. The van der Waals surface area contributed by atoms with Crippen LogP contribution < -0.4 is 10.6 Å². The third-order valence-corrected chi connectivity index (χ3v) is 4.82. The number of rotatable bonds is 12. The number of nitrogens with zero attached hydrogens (tertiary/aromatic N) is 2. The first-order valence-corrected chi connectivity index (χ1v) is 10.9. The van der Waals surface area contributed by atoms with Crippen LogP contribution in [-0.4, -0.2) is 49.0 Å². The van der Waals surface area contributed by atoms with E-state index in [9.17, 15) is 0 Å². The van der Waals surface area contributed by atoms with E-state index in [1.165, 1.54) is 29.7 Å². The minimum Gasteiger partial charge on any atom is -0.357 e. The summed E-state index contributed by atoms with van der Waals surface area (Å²) in [6, 6.07) is 8.80. The third kappa shape index (κ3) is 11.3. The number of aliphatic imine (C=N–C) groups is 1. The molecule has 0 fully saturated rings. The second kappa shape index (κ2) is 16.7. The maximum atomic E-state index is 4.74. The van der Waals surface area contributed by atoms with Gasteiger partial charge in [-0.15, -0.1) is 24.0 Å². The van der Waals surface area contributed by atoms with Gasteiger partial charge in [-0.05, 0) is 56.0 Å². The van der Waals surface area contributed by atoms with Crippen LogP contribution >= 0.6 is 35.7 Å². The highest BCUT2D eigenvalue weighted by atomic mass is 127. The van der Waals surface area contributed by atoms with Crippen molar-refractivity contribution in [2.45, 2.75) is 46.7 Å². The molecule has 0 amide bonds. The second-order valence-corrected chi connectivity index (χ2v) is 7.09. The molecule has 0 spiro atoms. The Kier molecular flexibility index (Phi) is 16.4. The number of guanidine groups is 1. The molecule has 26 heavy (non-hydrogen) atoms. The number of thioether (sulfide) groups is 1. The lowest BCUT2D eigenvalue weighted by molar-refractivity contribution is 0.296. The Morgan fingerprint density at radius 3 is 2.46 bits per heavy atom. The quantitative estimate of drug-likeness (QED) is 0.197. The lowest BCUT2D eigenvalue weighted by Crippen LogP contribution is -2.37. The van der Waals surface area contributed by atoms with Gasteiger partial charge in [0.05, 0.1) is 6.54 Å². The molecule has 1 aromatic carbocycles. The van der Waals surface area contributed by atoms with E-state index in [0.717, 1.165) is 38.7 Å². The van der Waals surface area contributed by atoms with Gasteiger partial charge in [-0.3, -0.25) is 4.90 Å². The molecule has 0 saturated carbocycles. The van der Waals surface area contributed by atoms with Crippen LogP contribution in [0.3, 0.4) is 0 Å². The van der Waals surface area contributed by atoms with Crippen molar-refractivity contribution in [2.24, 2.45) is 4.99 Å². The van der Waals surface area contributed by atoms with Gasteiger partial charge in [0, 0.05) is 19.6 Å². The van der Waals surface area contributed by atoms with Crippen LogP contribution in [0.5, 0.6) is 0 Å². The maximum Gasteiger partial charge on any atom is 0.191 e. The van der Waals surface area contributed by atoms with Crippen molar-refractivity contribution in [3.63, 3.8) is 0 Å². The number of nitrogens with one attached hydrogen (secondary N) is 2. The zero-order chi connectivity index (χ0) is 18.3. The second-order valence-electron chi connectivity index (χ2n) is 6.10. The lowest BCUT2D eigenvalue weighted by Gasteiger charge is -2.18. The van der Waals surface area contributed by atoms with Gasteiger partial charge in [0.1, 0.15) is 0 Å². The molecule has 0 bridgehead atoms. The number of hydrogen-bond donors (Lipinski definition) is 2. The molecule has 1 rings (SSSR count). The topological polar surface area (TPSA) is 39.7 Å². The van der Waals surface area contributed by atoms with Gasteiger partial charge in [0.15, 0.2) is 5.96 Å². The van der Waals surface area contributed by atoms with E-state index < -0.39 is 0 Å². The molecule has 0 radical (unpaired) electrons. The van der Waals surface area contributed by atoms with Gasteiger partial charge in [-0.25, -0.2) is 4.99 Å². The molecule has 0 aromatic heterocycles. The molecule has 150 valence electrons.